The molecule has 2 aliphatic rings. The number of hydrogen-bond donors (Lipinski definition) is 1. The fourth-order valence-corrected chi connectivity index (χ4v) is 5.06. The van der Waals surface area contributed by atoms with Crippen LogP contribution in [-0.2, 0) is 9.59 Å². The summed E-state index contributed by atoms with van der Waals surface area (Å²) in [6.07, 6.45) is 0.999. The van der Waals surface area contributed by atoms with Crippen LogP contribution in [0.15, 0.2) is 76.4 Å². The van der Waals surface area contributed by atoms with Crippen molar-refractivity contribution in [2.75, 3.05) is 10.2 Å². The number of benzene rings is 2. The van der Waals surface area contributed by atoms with Gasteiger partial charge in [-0.2, -0.15) is 0 Å². The van der Waals surface area contributed by atoms with Gasteiger partial charge >= 0.3 is 0 Å². The van der Waals surface area contributed by atoms with Crippen molar-refractivity contribution in [1.82, 2.24) is 0 Å². The SMILES string of the molecule is CC(=O)N1c2ccccc2NC2=C(C(=O)CC(C)(C)C2)C1c1ccc(-c2cccc(C(=O)[O-])c2)o1. The number of Topliss-reactive ketones (excluding diaryl/α,β-unsaturated/α-hetero) is 1. The number of fused-ring (bicyclic) bond motifs is 1. The Hall–Kier alpha value is -4.13. The monoisotopic (exact) mass is 469 g/mol. The summed E-state index contributed by atoms with van der Waals surface area (Å²) >= 11 is 0. The second kappa shape index (κ2) is 8.27. The van der Waals surface area contributed by atoms with E-state index in [2.05, 4.69) is 19.2 Å². The van der Waals surface area contributed by atoms with Gasteiger partial charge in [0.2, 0.25) is 5.91 Å². The highest BCUT2D eigenvalue weighted by molar-refractivity contribution is 6.05. The average Bonchev–Trinajstić information content (AvgIpc) is 3.22. The summed E-state index contributed by atoms with van der Waals surface area (Å²) < 4.78 is 6.22. The first kappa shape index (κ1) is 22.7. The molecule has 1 atom stereocenters. The fraction of sp³-hybridized carbons (Fsp3) is 0.250. The number of anilines is 2. The van der Waals surface area contributed by atoms with E-state index in [1.54, 1.807) is 29.2 Å². The first-order valence-corrected chi connectivity index (χ1v) is 11.5. The lowest BCUT2D eigenvalue weighted by Gasteiger charge is -2.35. The third-order valence-corrected chi connectivity index (χ3v) is 6.52. The molecule has 0 fully saturated rings. The largest absolute Gasteiger partial charge is 0.545 e. The van der Waals surface area contributed by atoms with Crippen LogP contribution in [-0.4, -0.2) is 17.7 Å². The Kier molecular flexibility index (Phi) is 5.35. The van der Waals surface area contributed by atoms with E-state index in [9.17, 15) is 19.5 Å². The molecule has 2 heterocycles. The van der Waals surface area contributed by atoms with Gasteiger partial charge in [0.25, 0.3) is 0 Å². The van der Waals surface area contributed by atoms with Gasteiger partial charge in [-0.3, -0.25) is 14.5 Å². The van der Waals surface area contributed by atoms with Crippen LogP contribution in [0.3, 0.4) is 0 Å². The maximum Gasteiger partial charge on any atom is 0.224 e. The molecule has 0 saturated heterocycles. The maximum atomic E-state index is 13.5. The van der Waals surface area contributed by atoms with E-state index < -0.39 is 12.0 Å². The predicted molar refractivity (Wildman–Crippen MR) is 129 cm³/mol. The van der Waals surface area contributed by atoms with Crippen LogP contribution in [0.5, 0.6) is 0 Å². The number of carbonyl (C=O) groups excluding carboxylic acids is 3. The Bertz CT molecular complexity index is 1400. The van der Waals surface area contributed by atoms with Crippen molar-refractivity contribution in [3.8, 4) is 11.3 Å². The normalized spacial score (nSPS) is 18.9. The number of rotatable bonds is 3. The molecule has 1 unspecified atom stereocenters. The molecule has 0 radical (unpaired) electrons. The van der Waals surface area contributed by atoms with Crippen molar-refractivity contribution in [3.63, 3.8) is 0 Å². The summed E-state index contributed by atoms with van der Waals surface area (Å²) in [5.74, 6) is -0.689. The van der Waals surface area contributed by atoms with Gasteiger partial charge in [-0.1, -0.05) is 44.2 Å². The zero-order valence-corrected chi connectivity index (χ0v) is 19.8. The van der Waals surface area contributed by atoms with Gasteiger partial charge in [-0.15, -0.1) is 0 Å². The third kappa shape index (κ3) is 4.03. The van der Waals surface area contributed by atoms with Crippen molar-refractivity contribution in [2.45, 2.75) is 39.7 Å². The molecular formula is C28H25N2O5-. The first-order chi connectivity index (χ1) is 16.6. The summed E-state index contributed by atoms with van der Waals surface area (Å²) in [6, 6.07) is 16.5. The number of aromatic carboxylic acids is 1. The van der Waals surface area contributed by atoms with Crippen molar-refractivity contribution in [2.24, 2.45) is 5.41 Å². The number of amides is 1. The quantitative estimate of drug-likeness (QED) is 0.607. The number of ketones is 1. The van der Waals surface area contributed by atoms with Crippen LogP contribution in [0.4, 0.5) is 11.4 Å². The molecule has 7 nitrogen and oxygen atoms in total. The summed E-state index contributed by atoms with van der Waals surface area (Å²) in [6.45, 7) is 5.58. The van der Waals surface area contributed by atoms with Crippen LogP contribution < -0.4 is 15.3 Å². The Morgan fingerprint density at radius 1 is 1.06 bits per heavy atom. The summed E-state index contributed by atoms with van der Waals surface area (Å²) in [7, 11) is 0. The molecule has 1 aliphatic heterocycles. The van der Waals surface area contributed by atoms with Gasteiger partial charge in [0.1, 0.15) is 17.6 Å². The summed E-state index contributed by atoms with van der Waals surface area (Å²) in [5.41, 5.74) is 3.06. The molecule has 1 amide bonds. The number of furan rings is 1. The van der Waals surface area contributed by atoms with Gasteiger partial charge in [0, 0.05) is 30.2 Å². The van der Waals surface area contributed by atoms with Crippen molar-refractivity contribution < 1.29 is 23.9 Å². The second-order valence-electron chi connectivity index (χ2n) is 9.84. The molecule has 0 bridgehead atoms. The minimum atomic E-state index is -1.28. The standard InChI is InChI=1S/C28H26N2O5/c1-16(31)30-21-10-5-4-9-19(21)29-20-14-28(2,3)15-22(32)25(20)26(30)24-12-11-23(35-24)17-7-6-8-18(13-17)27(33)34/h4-13,26,29H,14-15H2,1-3H3,(H,33,34)/p-1. The first-order valence-electron chi connectivity index (χ1n) is 11.5. The number of carbonyl (C=O) groups is 3. The number of hydrogen-bond acceptors (Lipinski definition) is 6. The smallest absolute Gasteiger partial charge is 0.224 e. The number of allylic oxidation sites excluding steroid dienone is 1. The highest BCUT2D eigenvalue weighted by Crippen LogP contribution is 2.48. The van der Waals surface area contributed by atoms with Gasteiger partial charge in [0.05, 0.1) is 17.3 Å². The van der Waals surface area contributed by atoms with E-state index in [0.29, 0.717) is 41.2 Å². The van der Waals surface area contributed by atoms with Gasteiger partial charge < -0.3 is 19.6 Å². The van der Waals surface area contributed by atoms with E-state index in [4.69, 9.17) is 4.42 Å². The van der Waals surface area contributed by atoms with Crippen LogP contribution in [0, 0.1) is 5.41 Å². The summed E-state index contributed by atoms with van der Waals surface area (Å²) in [4.78, 5) is 39.5. The minimum Gasteiger partial charge on any atom is -0.545 e. The van der Waals surface area contributed by atoms with E-state index in [1.807, 2.05) is 24.3 Å². The Morgan fingerprint density at radius 2 is 1.83 bits per heavy atom. The molecule has 7 heteroatoms. The van der Waals surface area contributed by atoms with Gasteiger partial charge in [0.15, 0.2) is 5.78 Å². The molecule has 178 valence electrons. The molecule has 1 N–H and O–H groups in total. The Labute approximate surface area is 203 Å². The number of carboxylic acids is 1. The van der Waals surface area contributed by atoms with Gasteiger partial charge in [-0.25, -0.2) is 0 Å². The molecule has 5 rings (SSSR count). The Morgan fingerprint density at radius 3 is 2.57 bits per heavy atom. The Balaban J connectivity index is 1.70. The highest BCUT2D eigenvalue weighted by atomic mass is 16.4. The molecule has 2 aromatic carbocycles. The van der Waals surface area contributed by atoms with Crippen LogP contribution in [0.25, 0.3) is 11.3 Å². The van der Waals surface area contributed by atoms with Crippen LogP contribution >= 0.6 is 0 Å². The van der Waals surface area contributed by atoms with E-state index in [1.165, 1.54) is 19.1 Å². The zero-order chi connectivity index (χ0) is 24.9. The number of carboxylic acid groups (broad SMARTS) is 1. The number of nitrogens with zero attached hydrogens (tertiary/aromatic N) is 1. The minimum absolute atomic E-state index is 0.0353. The molecule has 0 saturated carbocycles. The number of nitrogens with one attached hydrogen (secondary N) is 1. The van der Waals surface area contributed by atoms with E-state index >= 15 is 0 Å². The highest BCUT2D eigenvalue weighted by Gasteiger charge is 2.43. The van der Waals surface area contributed by atoms with E-state index in [-0.39, 0.29) is 22.7 Å². The third-order valence-electron chi connectivity index (χ3n) is 6.52. The lowest BCUT2D eigenvalue weighted by atomic mass is 9.74. The van der Waals surface area contributed by atoms with Gasteiger partial charge in [-0.05, 0) is 47.7 Å². The van der Waals surface area contributed by atoms with Crippen molar-refractivity contribution in [3.05, 3.63) is 83.3 Å². The number of para-hydroxylation sites is 2. The van der Waals surface area contributed by atoms with Crippen molar-refractivity contribution in [1.29, 1.82) is 0 Å². The molecule has 1 aromatic heterocycles. The van der Waals surface area contributed by atoms with E-state index in [0.717, 1.165) is 11.4 Å². The second-order valence-corrected chi connectivity index (χ2v) is 9.84. The lowest BCUT2D eigenvalue weighted by Crippen LogP contribution is -2.38. The topological polar surface area (TPSA) is 103 Å². The molecule has 35 heavy (non-hydrogen) atoms. The molecular weight excluding hydrogens is 444 g/mol. The average molecular weight is 470 g/mol. The molecule has 3 aromatic rings. The summed E-state index contributed by atoms with van der Waals surface area (Å²) in [5, 5.41) is 14.8. The predicted octanol–water partition coefficient (Wildman–Crippen LogP) is 4.47. The van der Waals surface area contributed by atoms with Crippen molar-refractivity contribution >= 4 is 29.0 Å². The zero-order valence-electron chi connectivity index (χ0n) is 19.8. The fourth-order valence-electron chi connectivity index (χ4n) is 5.06. The maximum absolute atomic E-state index is 13.5. The van der Waals surface area contributed by atoms with Crippen LogP contribution in [0.1, 0.15) is 55.8 Å². The molecule has 1 aliphatic carbocycles. The molecule has 0 spiro atoms. The van der Waals surface area contributed by atoms with Crippen LogP contribution in [0.2, 0.25) is 0 Å². The lowest BCUT2D eigenvalue weighted by molar-refractivity contribution is -0.255.